The summed E-state index contributed by atoms with van der Waals surface area (Å²) >= 11 is 0. The summed E-state index contributed by atoms with van der Waals surface area (Å²) in [4.78, 5) is 0. The van der Waals surface area contributed by atoms with Gasteiger partial charge in [0.2, 0.25) is 0 Å². The van der Waals surface area contributed by atoms with E-state index in [9.17, 15) is 0 Å². The largest absolute Gasteiger partial charge is 0.396 e. The van der Waals surface area contributed by atoms with Crippen molar-refractivity contribution in [3.05, 3.63) is 0 Å². The first-order valence-electron chi connectivity index (χ1n) is 8.84. The highest BCUT2D eigenvalue weighted by Gasteiger charge is 1.95. The Kier molecular flexibility index (Phi) is 16.2. The van der Waals surface area contributed by atoms with E-state index in [-0.39, 0.29) is 6.61 Å². The fourth-order valence-corrected chi connectivity index (χ4v) is 2.35. The predicted octanol–water partition coefficient (Wildman–Crippen LogP) is 5.71. The first kappa shape index (κ1) is 19.5. The Morgan fingerprint density at radius 3 is 1.60 bits per heavy atom. The molecule has 0 rings (SSSR count). The number of hydrogen-bond donors (Lipinski definition) is 1. The van der Waals surface area contributed by atoms with E-state index in [0.29, 0.717) is 0 Å². The van der Waals surface area contributed by atoms with Gasteiger partial charge in [0, 0.05) is 19.4 Å². The lowest BCUT2D eigenvalue weighted by molar-refractivity contribution is 0.290. The molecule has 0 aliphatic heterocycles. The average molecular weight is 280 g/mol. The van der Waals surface area contributed by atoms with Gasteiger partial charge in [0.1, 0.15) is 0 Å². The third kappa shape index (κ3) is 17.5. The number of aliphatic hydroxyl groups is 1. The fourth-order valence-electron chi connectivity index (χ4n) is 2.35. The Morgan fingerprint density at radius 2 is 1.10 bits per heavy atom. The molecule has 0 aromatic carbocycles. The van der Waals surface area contributed by atoms with Crippen molar-refractivity contribution in [2.45, 2.75) is 97.3 Å². The highest BCUT2D eigenvalue weighted by molar-refractivity contribution is 4.98. The van der Waals surface area contributed by atoms with Gasteiger partial charge in [-0.15, -0.1) is 11.8 Å². The normalized spacial score (nSPS) is 10.6. The number of aliphatic hydroxyl groups excluding tert-OH is 1. The van der Waals surface area contributed by atoms with Gasteiger partial charge in [0.25, 0.3) is 0 Å². The first-order chi connectivity index (χ1) is 9.77. The predicted molar refractivity (Wildman–Crippen MR) is 89.7 cm³/mol. The molecule has 0 unspecified atom stereocenters. The smallest absolute Gasteiger partial charge is 0.0440 e. The zero-order valence-corrected chi connectivity index (χ0v) is 13.9. The number of unbranched alkanes of at least 4 members (excludes halogenated alkanes) is 10. The maximum absolute atomic E-state index is 8.61. The Labute approximate surface area is 127 Å². The Morgan fingerprint density at radius 1 is 0.650 bits per heavy atom. The third-order valence-electron chi connectivity index (χ3n) is 3.67. The lowest BCUT2D eigenvalue weighted by Crippen LogP contribution is -1.87. The topological polar surface area (TPSA) is 20.2 Å². The standard InChI is InChI=1S/C19H36O/c1-19(2)17-15-13-11-9-7-5-3-4-6-8-10-12-14-16-18-20/h19-20H,3-9,11,13-18H2,1-2H3. The molecule has 0 spiro atoms. The van der Waals surface area contributed by atoms with Crippen LogP contribution >= 0.6 is 0 Å². The maximum Gasteiger partial charge on any atom is 0.0440 e. The lowest BCUT2D eigenvalue weighted by atomic mass is 10.0. The molecule has 0 fully saturated rings. The van der Waals surface area contributed by atoms with E-state index in [1.165, 1.54) is 64.2 Å². The fraction of sp³-hybridized carbons (Fsp3) is 0.895. The molecule has 0 heterocycles. The van der Waals surface area contributed by atoms with Gasteiger partial charge in [0.05, 0.1) is 0 Å². The van der Waals surface area contributed by atoms with Crippen LogP contribution in [0.5, 0.6) is 0 Å². The summed E-state index contributed by atoms with van der Waals surface area (Å²) < 4.78 is 0. The summed E-state index contributed by atoms with van der Waals surface area (Å²) in [6.45, 7) is 4.90. The first-order valence-corrected chi connectivity index (χ1v) is 8.84. The quantitative estimate of drug-likeness (QED) is 0.338. The molecule has 1 heteroatoms. The van der Waals surface area contributed by atoms with Crippen molar-refractivity contribution < 1.29 is 5.11 Å². The van der Waals surface area contributed by atoms with E-state index < -0.39 is 0 Å². The Bertz CT molecular complexity index is 234. The molecule has 0 aromatic rings. The van der Waals surface area contributed by atoms with Gasteiger partial charge in [-0.1, -0.05) is 71.6 Å². The lowest BCUT2D eigenvalue weighted by Gasteiger charge is -2.04. The van der Waals surface area contributed by atoms with E-state index in [1.807, 2.05) is 0 Å². The van der Waals surface area contributed by atoms with E-state index in [1.54, 1.807) is 0 Å². The van der Waals surface area contributed by atoms with Crippen LogP contribution in [0.15, 0.2) is 0 Å². The molecule has 0 atom stereocenters. The molecule has 0 aromatic heterocycles. The number of hydrogen-bond acceptors (Lipinski definition) is 1. The molecule has 0 saturated carbocycles. The summed E-state index contributed by atoms with van der Waals surface area (Å²) in [5, 5.41) is 8.61. The second kappa shape index (κ2) is 16.6. The third-order valence-corrected chi connectivity index (χ3v) is 3.67. The van der Waals surface area contributed by atoms with Crippen molar-refractivity contribution in [3.8, 4) is 11.8 Å². The molecule has 20 heavy (non-hydrogen) atoms. The molecule has 1 nitrogen and oxygen atoms in total. The van der Waals surface area contributed by atoms with Crippen molar-refractivity contribution >= 4 is 0 Å². The summed E-state index contributed by atoms with van der Waals surface area (Å²) in [6.07, 6.45) is 16.6. The number of rotatable bonds is 13. The van der Waals surface area contributed by atoms with Crippen LogP contribution in [0.4, 0.5) is 0 Å². The SMILES string of the molecule is CC(C)CCCCCCCCCCCC#CCCCO. The molecule has 0 aliphatic rings. The molecule has 1 N–H and O–H groups in total. The monoisotopic (exact) mass is 280 g/mol. The van der Waals surface area contributed by atoms with Crippen molar-refractivity contribution in [1.29, 1.82) is 0 Å². The molecule has 0 amide bonds. The van der Waals surface area contributed by atoms with Crippen LogP contribution in [0.25, 0.3) is 0 Å². The zero-order chi connectivity index (χ0) is 14.9. The molecule has 118 valence electrons. The maximum atomic E-state index is 8.61. The van der Waals surface area contributed by atoms with Crippen molar-refractivity contribution in [3.63, 3.8) is 0 Å². The summed E-state index contributed by atoms with van der Waals surface area (Å²) in [7, 11) is 0. The minimum atomic E-state index is 0.270. The van der Waals surface area contributed by atoms with E-state index >= 15 is 0 Å². The van der Waals surface area contributed by atoms with E-state index in [0.717, 1.165) is 25.2 Å². The summed E-state index contributed by atoms with van der Waals surface area (Å²) in [6, 6.07) is 0. The van der Waals surface area contributed by atoms with Gasteiger partial charge in [-0.25, -0.2) is 0 Å². The van der Waals surface area contributed by atoms with Gasteiger partial charge >= 0.3 is 0 Å². The van der Waals surface area contributed by atoms with Crippen LogP contribution < -0.4 is 0 Å². The Hall–Kier alpha value is -0.480. The van der Waals surface area contributed by atoms with Crippen LogP contribution in [0.1, 0.15) is 97.3 Å². The average Bonchev–Trinajstić information content (AvgIpc) is 2.43. The Balaban J connectivity index is 3.04. The van der Waals surface area contributed by atoms with Crippen LogP contribution in [0, 0.1) is 17.8 Å². The molecule has 0 saturated heterocycles. The van der Waals surface area contributed by atoms with E-state index in [4.69, 9.17) is 5.11 Å². The van der Waals surface area contributed by atoms with Crippen LogP contribution in [-0.2, 0) is 0 Å². The van der Waals surface area contributed by atoms with Gasteiger partial charge in [0.15, 0.2) is 0 Å². The van der Waals surface area contributed by atoms with Gasteiger partial charge in [-0.3, -0.25) is 0 Å². The minimum absolute atomic E-state index is 0.270. The zero-order valence-electron chi connectivity index (χ0n) is 13.9. The highest BCUT2D eigenvalue weighted by Crippen LogP contribution is 2.13. The van der Waals surface area contributed by atoms with Crippen molar-refractivity contribution in [2.24, 2.45) is 5.92 Å². The summed E-state index contributed by atoms with van der Waals surface area (Å²) in [5.74, 6) is 7.18. The summed E-state index contributed by atoms with van der Waals surface area (Å²) in [5.41, 5.74) is 0. The van der Waals surface area contributed by atoms with Crippen LogP contribution in [0.3, 0.4) is 0 Å². The minimum Gasteiger partial charge on any atom is -0.396 e. The van der Waals surface area contributed by atoms with Gasteiger partial charge in [-0.2, -0.15) is 0 Å². The van der Waals surface area contributed by atoms with Crippen molar-refractivity contribution in [2.75, 3.05) is 6.61 Å². The van der Waals surface area contributed by atoms with Crippen LogP contribution in [-0.4, -0.2) is 11.7 Å². The highest BCUT2D eigenvalue weighted by atomic mass is 16.2. The molecular weight excluding hydrogens is 244 g/mol. The molecule has 0 bridgehead atoms. The van der Waals surface area contributed by atoms with Gasteiger partial charge < -0.3 is 5.11 Å². The molecule has 0 aliphatic carbocycles. The molecule has 0 radical (unpaired) electrons. The van der Waals surface area contributed by atoms with Crippen LogP contribution in [0.2, 0.25) is 0 Å². The van der Waals surface area contributed by atoms with E-state index in [2.05, 4.69) is 25.7 Å². The second-order valence-corrected chi connectivity index (χ2v) is 6.30. The molecular formula is C19H36O. The second-order valence-electron chi connectivity index (χ2n) is 6.30. The van der Waals surface area contributed by atoms with Gasteiger partial charge in [-0.05, 0) is 18.8 Å². The van der Waals surface area contributed by atoms with Crippen molar-refractivity contribution in [1.82, 2.24) is 0 Å².